The molecule has 1 amide bonds. The molecular formula is C17H18ClN5O4. The number of piperidine rings is 1. The molecule has 0 unspecified atom stereocenters. The molecule has 9 nitrogen and oxygen atoms in total. The lowest BCUT2D eigenvalue weighted by atomic mass is 9.95. The topological polar surface area (TPSA) is 110 Å². The number of amides is 1. The maximum Gasteiger partial charge on any atom is 0.348 e. The first kappa shape index (κ1) is 18.8. The summed E-state index contributed by atoms with van der Waals surface area (Å²) in [7, 11) is 1.54. The number of benzene rings is 1. The quantitative estimate of drug-likeness (QED) is 0.474. The molecule has 2 aromatic rings. The first-order valence-corrected chi connectivity index (χ1v) is 8.72. The summed E-state index contributed by atoms with van der Waals surface area (Å²) in [5.41, 5.74) is 0.307. The second kappa shape index (κ2) is 8.17. The minimum Gasteiger partial charge on any atom is -0.495 e. The highest BCUT2D eigenvalue weighted by atomic mass is 35.5. The number of ether oxygens (including phenoxy) is 1. The van der Waals surface area contributed by atoms with E-state index in [1.807, 2.05) is 12.1 Å². The van der Waals surface area contributed by atoms with Gasteiger partial charge in [-0.15, -0.1) is 0 Å². The molecule has 1 saturated heterocycles. The lowest BCUT2D eigenvalue weighted by molar-refractivity contribution is -0.384. The van der Waals surface area contributed by atoms with Crippen molar-refractivity contribution >= 4 is 34.7 Å². The summed E-state index contributed by atoms with van der Waals surface area (Å²) in [6.45, 7) is 0.913. The van der Waals surface area contributed by atoms with Crippen LogP contribution < -0.4 is 15.0 Å². The SMILES string of the molecule is COc1ccccc1NC(=O)C1CCN(c2ncnc(Cl)c2[N+](=O)[O-])CC1. The van der Waals surface area contributed by atoms with Crippen LogP contribution in [0.25, 0.3) is 0 Å². The predicted molar refractivity (Wildman–Crippen MR) is 100 cm³/mol. The standard InChI is InChI=1S/C17H18ClN5O4/c1-27-13-5-3-2-4-12(13)21-17(24)11-6-8-22(9-7-11)16-14(23(25)26)15(18)19-10-20-16/h2-5,10-11H,6-9H2,1H3,(H,21,24). The Kier molecular flexibility index (Phi) is 5.70. The van der Waals surface area contributed by atoms with Crippen molar-refractivity contribution in [2.75, 3.05) is 30.4 Å². The van der Waals surface area contributed by atoms with E-state index in [1.54, 1.807) is 24.1 Å². The third kappa shape index (κ3) is 4.08. The van der Waals surface area contributed by atoms with Gasteiger partial charge in [-0.2, -0.15) is 0 Å². The number of nitrogens with zero attached hydrogens (tertiary/aromatic N) is 4. The zero-order valence-corrected chi connectivity index (χ0v) is 15.3. The van der Waals surface area contributed by atoms with Gasteiger partial charge in [0.15, 0.2) is 0 Å². The van der Waals surface area contributed by atoms with E-state index < -0.39 is 4.92 Å². The molecule has 0 atom stereocenters. The number of aromatic nitrogens is 2. The van der Waals surface area contributed by atoms with Crippen LogP contribution in [0.15, 0.2) is 30.6 Å². The summed E-state index contributed by atoms with van der Waals surface area (Å²) >= 11 is 5.85. The van der Waals surface area contributed by atoms with Gasteiger partial charge in [-0.05, 0) is 25.0 Å². The van der Waals surface area contributed by atoms with Crippen molar-refractivity contribution in [3.05, 3.63) is 45.9 Å². The van der Waals surface area contributed by atoms with Crippen LogP contribution in [-0.4, -0.2) is 41.0 Å². The molecule has 27 heavy (non-hydrogen) atoms. The van der Waals surface area contributed by atoms with Gasteiger partial charge in [-0.1, -0.05) is 23.7 Å². The highest BCUT2D eigenvalue weighted by molar-refractivity contribution is 6.31. The highest BCUT2D eigenvalue weighted by Gasteiger charge is 2.31. The zero-order valence-electron chi connectivity index (χ0n) is 14.6. The summed E-state index contributed by atoms with van der Waals surface area (Å²) in [5, 5.41) is 14.0. The number of methoxy groups -OCH3 is 1. The van der Waals surface area contributed by atoms with Gasteiger partial charge in [0.1, 0.15) is 12.1 Å². The van der Waals surface area contributed by atoms with Crippen molar-refractivity contribution in [1.29, 1.82) is 0 Å². The van der Waals surface area contributed by atoms with Crippen LogP contribution >= 0.6 is 11.6 Å². The fraction of sp³-hybridized carbons (Fsp3) is 0.353. The molecule has 142 valence electrons. The van der Waals surface area contributed by atoms with Gasteiger partial charge in [-0.3, -0.25) is 14.9 Å². The molecule has 0 spiro atoms. The van der Waals surface area contributed by atoms with Crippen molar-refractivity contribution in [1.82, 2.24) is 9.97 Å². The highest BCUT2D eigenvalue weighted by Crippen LogP contribution is 2.34. The first-order chi connectivity index (χ1) is 13.0. The normalized spacial score (nSPS) is 14.7. The van der Waals surface area contributed by atoms with Crippen LogP contribution in [0.1, 0.15) is 12.8 Å². The Bertz CT molecular complexity index is 855. The number of carbonyl (C=O) groups excluding carboxylic acids is 1. The lowest BCUT2D eigenvalue weighted by Gasteiger charge is -2.31. The van der Waals surface area contributed by atoms with Crippen molar-refractivity contribution in [2.24, 2.45) is 5.92 Å². The monoisotopic (exact) mass is 391 g/mol. The van der Waals surface area contributed by atoms with Gasteiger partial charge in [-0.25, -0.2) is 9.97 Å². The molecule has 1 aromatic heterocycles. The molecule has 1 N–H and O–H groups in total. The molecule has 0 aliphatic carbocycles. The van der Waals surface area contributed by atoms with E-state index in [0.29, 0.717) is 37.4 Å². The third-order valence-electron chi connectivity index (χ3n) is 4.47. The molecule has 0 radical (unpaired) electrons. The Morgan fingerprint density at radius 1 is 1.33 bits per heavy atom. The summed E-state index contributed by atoms with van der Waals surface area (Å²) in [5.74, 6) is 0.468. The number of rotatable bonds is 5. The molecular weight excluding hydrogens is 374 g/mol. The van der Waals surface area contributed by atoms with E-state index in [4.69, 9.17) is 16.3 Å². The number of para-hydroxylation sites is 2. The smallest absolute Gasteiger partial charge is 0.348 e. The van der Waals surface area contributed by atoms with Gasteiger partial charge in [0.25, 0.3) is 0 Å². The number of nitro groups is 1. The van der Waals surface area contributed by atoms with Crippen LogP contribution in [0.5, 0.6) is 5.75 Å². The molecule has 1 fully saturated rings. The van der Waals surface area contributed by atoms with E-state index in [-0.39, 0.29) is 28.5 Å². The van der Waals surface area contributed by atoms with Crippen LogP contribution in [0.2, 0.25) is 5.15 Å². The second-order valence-electron chi connectivity index (χ2n) is 6.04. The van der Waals surface area contributed by atoms with Gasteiger partial charge in [0.2, 0.25) is 16.9 Å². The molecule has 2 heterocycles. The molecule has 1 aliphatic heterocycles. The summed E-state index contributed by atoms with van der Waals surface area (Å²) in [4.78, 5) is 32.7. The Hall–Kier alpha value is -2.94. The number of hydrogen-bond donors (Lipinski definition) is 1. The second-order valence-corrected chi connectivity index (χ2v) is 6.40. The van der Waals surface area contributed by atoms with E-state index in [1.165, 1.54) is 6.33 Å². The fourth-order valence-corrected chi connectivity index (χ4v) is 3.27. The molecule has 3 rings (SSSR count). The Labute approximate surface area is 160 Å². The van der Waals surface area contributed by atoms with Crippen molar-refractivity contribution in [2.45, 2.75) is 12.8 Å². The first-order valence-electron chi connectivity index (χ1n) is 8.35. The van der Waals surface area contributed by atoms with E-state index in [2.05, 4.69) is 15.3 Å². The molecule has 1 aromatic carbocycles. The van der Waals surface area contributed by atoms with E-state index >= 15 is 0 Å². The molecule has 0 saturated carbocycles. The van der Waals surface area contributed by atoms with Gasteiger partial charge < -0.3 is 15.0 Å². The minimum absolute atomic E-state index is 0.102. The number of halogens is 1. The number of anilines is 2. The largest absolute Gasteiger partial charge is 0.495 e. The maximum atomic E-state index is 12.6. The van der Waals surface area contributed by atoms with E-state index in [0.717, 1.165) is 0 Å². The maximum absolute atomic E-state index is 12.6. The molecule has 10 heteroatoms. The summed E-state index contributed by atoms with van der Waals surface area (Å²) < 4.78 is 5.24. The van der Waals surface area contributed by atoms with Gasteiger partial charge in [0, 0.05) is 19.0 Å². The van der Waals surface area contributed by atoms with Crippen LogP contribution in [0, 0.1) is 16.0 Å². The Morgan fingerprint density at radius 3 is 2.70 bits per heavy atom. The van der Waals surface area contributed by atoms with Crippen LogP contribution in [-0.2, 0) is 4.79 Å². The number of hydrogen-bond acceptors (Lipinski definition) is 7. The average Bonchev–Trinajstić information content (AvgIpc) is 2.68. The van der Waals surface area contributed by atoms with Crippen molar-refractivity contribution in [3.63, 3.8) is 0 Å². The third-order valence-corrected chi connectivity index (χ3v) is 4.75. The molecule has 0 bridgehead atoms. The number of nitrogens with one attached hydrogen (secondary N) is 1. The van der Waals surface area contributed by atoms with Gasteiger partial charge >= 0.3 is 5.69 Å². The summed E-state index contributed by atoms with van der Waals surface area (Å²) in [6.07, 6.45) is 2.28. The van der Waals surface area contributed by atoms with Crippen molar-refractivity contribution in [3.8, 4) is 5.75 Å². The molecule has 1 aliphatic rings. The van der Waals surface area contributed by atoms with Crippen molar-refractivity contribution < 1.29 is 14.5 Å². The fourth-order valence-electron chi connectivity index (χ4n) is 3.07. The Morgan fingerprint density at radius 2 is 2.04 bits per heavy atom. The minimum atomic E-state index is -0.585. The zero-order chi connectivity index (χ0) is 19.4. The average molecular weight is 392 g/mol. The van der Waals surface area contributed by atoms with E-state index in [9.17, 15) is 14.9 Å². The predicted octanol–water partition coefficient (Wildman–Crippen LogP) is 2.90. The number of carbonyl (C=O) groups is 1. The van der Waals surface area contributed by atoms with Gasteiger partial charge in [0.05, 0.1) is 17.7 Å². The summed E-state index contributed by atoms with van der Waals surface area (Å²) in [6, 6.07) is 7.19. The Balaban J connectivity index is 1.66. The van der Waals surface area contributed by atoms with Crippen LogP contribution in [0.3, 0.4) is 0 Å². The lowest BCUT2D eigenvalue weighted by Crippen LogP contribution is -2.39. The van der Waals surface area contributed by atoms with Crippen LogP contribution in [0.4, 0.5) is 17.2 Å².